The van der Waals surface area contributed by atoms with Crippen molar-refractivity contribution in [3.8, 4) is 0 Å². The van der Waals surface area contributed by atoms with E-state index in [1.807, 2.05) is 24.3 Å². The van der Waals surface area contributed by atoms with E-state index in [4.69, 9.17) is 21.5 Å². The minimum atomic E-state index is -5.08. The summed E-state index contributed by atoms with van der Waals surface area (Å²) < 4.78 is 31.7. The number of hydrogen-bond acceptors (Lipinski definition) is 3. The van der Waals surface area contributed by atoms with Gasteiger partial charge in [-0.1, -0.05) is 44.5 Å². The molecule has 0 radical (unpaired) electrons. The highest BCUT2D eigenvalue weighted by Crippen LogP contribution is 2.40. The SMILES string of the molecule is CC(C)(C)CN1CC2(CCN(C(=O)Cc3ccc(Cl)cc3)C2)C1.O=C(O)C(F)(F)F. The molecule has 168 valence electrons. The van der Waals surface area contributed by atoms with E-state index < -0.39 is 12.1 Å². The number of hydrogen-bond donors (Lipinski definition) is 1. The second-order valence-electron chi connectivity index (χ2n) is 9.38. The molecule has 0 saturated carbocycles. The Balaban J connectivity index is 0.000000396. The van der Waals surface area contributed by atoms with Gasteiger partial charge in [0, 0.05) is 43.2 Å². The lowest BCUT2D eigenvalue weighted by Crippen LogP contribution is -2.59. The largest absolute Gasteiger partial charge is 0.490 e. The van der Waals surface area contributed by atoms with E-state index in [9.17, 15) is 18.0 Å². The third kappa shape index (κ3) is 7.16. The molecule has 0 unspecified atom stereocenters. The molecule has 1 aromatic rings. The number of carboxylic acid groups (broad SMARTS) is 1. The molecule has 0 aliphatic carbocycles. The molecule has 1 spiro atoms. The summed E-state index contributed by atoms with van der Waals surface area (Å²) in [6, 6.07) is 7.60. The summed E-state index contributed by atoms with van der Waals surface area (Å²) in [6.45, 7) is 12.1. The predicted molar refractivity (Wildman–Crippen MR) is 108 cm³/mol. The number of carboxylic acids is 1. The molecule has 30 heavy (non-hydrogen) atoms. The average Bonchev–Trinajstić information content (AvgIpc) is 3.00. The lowest BCUT2D eigenvalue weighted by atomic mass is 9.77. The van der Waals surface area contributed by atoms with Crippen LogP contribution in [0.15, 0.2) is 24.3 Å². The maximum absolute atomic E-state index is 12.5. The highest BCUT2D eigenvalue weighted by molar-refractivity contribution is 6.30. The third-order valence-electron chi connectivity index (χ3n) is 5.12. The van der Waals surface area contributed by atoms with Crippen LogP contribution < -0.4 is 0 Å². The zero-order valence-corrected chi connectivity index (χ0v) is 18.2. The molecule has 2 aliphatic heterocycles. The number of carbonyl (C=O) groups excluding carboxylic acids is 1. The van der Waals surface area contributed by atoms with Gasteiger partial charge in [-0.05, 0) is 29.5 Å². The maximum atomic E-state index is 12.5. The van der Waals surface area contributed by atoms with Gasteiger partial charge in [0.2, 0.25) is 5.91 Å². The van der Waals surface area contributed by atoms with E-state index in [0.717, 1.165) is 49.7 Å². The maximum Gasteiger partial charge on any atom is 0.490 e. The van der Waals surface area contributed by atoms with Crippen molar-refractivity contribution < 1.29 is 27.9 Å². The van der Waals surface area contributed by atoms with Gasteiger partial charge in [0.1, 0.15) is 0 Å². The van der Waals surface area contributed by atoms with Crippen LogP contribution in [-0.4, -0.2) is 65.7 Å². The van der Waals surface area contributed by atoms with Crippen LogP contribution in [0.4, 0.5) is 13.2 Å². The van der Waals surface area contributed by atoms with Crippen molar-refractivity contribution in [3.05, 3.63) is 34.9 Å². The van der Waals surface area contributed by atoms with Crippen LogP contribution in [-0.2, 0) is 16.0 Å². The zero-order chi connectivity index (χ0) is 22.7. The van der Waals surface area contributed by atoms with E-state index in [1.165, 1.54) is 0 Å². The molecule has 2 fully saturated rings. The number of amides is 1. The topological polar surface area (TPSA) is 60.9 Å². The fraction of sp³-hybridized carbons (Fsp3) is 0.619. The first-order valence-electron chi connectivity index (χ1n) is 9.74. The van der Waals surface area contributed by atoms with Gasteiger partial charge in [-0.3, -0.25) is 4.79 Å². The molecule has 1 amide bonds. The molecule has 9 heteroatoms. The van der Waals surface area contributed by atoms with Crippen LogP contribution in [0.5, 0.6) is 0 Å². The van der Waals surface area contributed by atoms with Crippen molar-refractivity contribution in [1.82, 2.24) is 9.80 Å². The van der Waals surface area contributed by atoms with Gasteiger partial charge in [0.15, 0.2) is 0 Å². The fourth-order valence-electron chi connectivity index (χ4n) is 3.98. The summed E-state index contributed by atoms with van der Waals surface area (Å²) >= 11 is 5.90. The molecule has 0 atom stereocenters. The molecular weight excluding hydrogens is 421 g/mol. The lowest BCUT2D eigenvalue weighted by Gasteiger charge is -2.50. The summed E-state index contributed by atoms with van der Waals surface area (Å²) in [5, 5.41) is 7.84. The quantitative estimate of drug-likeness (QED) is 0.756. The number of rotatable bonds is 3. The van der Waals surface area contributed by atoms with Crippen LogP contribution in [0, 0.1) is 10.8 Å². The number of nitrogens with zero attached hydrogens (tertiary/aromatic N) is 2. The standard InChI is InChI=1S/C19H27ClN2O.C2HF3O2/c1-18(2,3)11-21-12-19(13-21)8-9-22(14-19)17(23)10-15-4-6-16(20)7-5-15;3-2(4,5)1(6)7/h4-7H,8-14H2,1-3H3;(H,6,7). The van der Waals surface area contributed by atoms with Crippen LogP contribution in [0.1, 0.15) is 32.8 Å². The lowest BCUT2D eigenvalue weighted by molar-refractivity contribution is -0.192. The van der Waals surface area contributed by atoms with E-state index in [-0.39, 0.29) is 5.91 Å². The highest BCUT2D eigenvalue weighted by Gasteiger charge is 2.48. The van der Waals surface area contributed by atoms with Crippen molar-refractivity contribution in [1.29, 1.82) is 0 Å². The average molecular weight is 449 g/mol. The van der Waals surface area contributed by atoms with Crippen molar-refractivity contribution in [3.63, 3.8) is 0 Å². The number of benzene rings is 1. The normalized spacial score (nSPS) is 18.6. The van der Waals surface area contributed by atoms with E-state index >= 15 is 0 Å². The molecule has 0 aromatic heterocycles. The monoisotopic (exact) mass is 448 g/mol. The summed E-state index contributed by atoms with van der Waals surface area (Å²) in [4.78, 5) is 26.0. The van der Waals surface area contributed by atoms with Gasteiger partial charge in [-0.2, -0.15) is 13.2 Å². The molecule has 2 saturated heterocycles. The Hall–Kier alpha value is -1.80. The van der Waals surface area contributed by atoms with Crippen molar-refractivity contribution in [2.45, 2.75) is 39.8 Å². The van der Waals surface area contributed by atoms with Gasteiger partial charge < -0.3 is 14.9 Å². The van der Waals surface area contributed by atoms with E-state index in [0.29, 0.717) is 17.3 Å². The molecule has 2 aliphatic rings. The minimum Gasteiger partial charge on any atom is -0.475 e. The first kappa shape index (κ1) is 24.5. The molecule has 2 heterocycles. The van der Waals surface area contributed by atoms with Crippen molar-refractivity contribution in [2.24, 2.45) is 10.8 Å². The molecule has 3 rings (SSSR count). The number of aliphatic carboxylic acids is 1. The molecular formula is C21H28ClF3N2O3. The Morgan fingerprint density at radius 2 is 1.63 bits per heavy atom. The molecule has 1 aromatic carbocycles. The number of likely N-dealkylation sites (tertiary alicyclic amines) is 2. The van der Waals surface area contributed by atoms with Gasteiger partial charge in [0.05, 0.1) is 6.42 Å². The van der Waals surface area contributed by atoms with Crippen LogP contribution in [0.2, 0.25) is 5.02 Å². The van der Waals surface area contributed by atoms with Crippen molar-refractivity contribution in [2.75, 3.05) is 32.7 Å². The summed E-state index contributed by atoms with van der Waals surface area (Å²) in [7, 11) is 0. The Morgan fingerprint density at radius 3 is 2.10 bits per heavy atom. The minimum absolute atomic E-state index is 0.249. The smallest absolute Gasteiger partial charge is 0.475 e. The van der Waals surface area contributed by atoms with Crippen molar-refractivity contribution >= 4 is 23.5 Å². The molecule has 5 nitrogen and oxygen atoms in total. The van der Waals surface area contributed by atoms with Crippen LogP contribution >= 0.6 is 11.6 Å². The Morgan fingerprint density at radius 1 is 1.10 bits per heavy atom. The Kier molecular flexibility index (Phi) is 7.45. The first-order valence-corrected chi connectivity index (χ1v) is 10.1. The molecule has 0 bridgehead atoms. The summed E-state index contributed by atoms with van der Waals surface area (Å²) in [5.41, 5.74) is 1.76. The second-order valence-corrected chi connectivity index (χ2v) is 9.81. The van der Waals surface area contributed by atoms with Crippen LogP contribution in [0.25, 0.3) is 0 Å². The zero-order valence-electron chi connectivity index (χ0n) is 17.4. The Bertz CT molecular complexity index is 754. The second kappa shape index (κ2) is 9.14. The van der Waals surface area contributed by atoms with Gasteiger partial charge in [-0.15, -0.1) is 0 Å². The molecule has 1 N–H and O–H groups in total. The van der Waals surface area contributed by atoms with Gasteiger partial charge in [0.25, 0.3) is 0 Å². The van der Waals surface area contributed by atoms with E-state index in [2.05, 4.69) is 30.6 Å². The van der Waals surface area contributed by atoms with E-state index in [1.54, 1.807) is 0 Å². The third-order valence-corrected chi connectivity index (χ3v) is 5.37. The number of carbonyl (C=O) groups is 2. The predicted octanol–water partition coefficient (Wildman–Crippen LogP) is 4.10. The highest BCUT2D eigenvalue weighted by atomic mass is 35.5. The number of alkyl halides is 3. The first-order chi connectivity index (χ1) is 13.7. The fourth-order valence-corrected chi connectivity index (χ4v) is 4.11. The Labute approximate surface area is 179 Å². The summed E-state index contributed by atoms with van der Waals surface area (Å²) in [6.07, 6.45) is -3.45. The summed E-state index contributed by atoms with van der Waals surface area (Å²) in [5.74, 6) is -2.51. The van der Waals surface area contributed by atoms with Crippen LogP contribution in [0.3, 0.4) is 0 Å². The number of halogens is 4. The van der Waals surface area contributed by atoms with Gasteiger partial charge >= 0.3 is 12.1 Å². The van der Waals surface area contributed by atoms with Gasteiger partial charge in [-0.25, -0.2) is 4.79 Å².